The van der Waals surface area contributed by atoms with E-state index in [2.05, 4.69) is 6.92 Å². The molecule has 0 aromatic heterocycles. The summed E-state index contributed by atoms with van der Waals surface area (Å²) in [6, 6.07) is 0. The molecule has 0 fully saturated rings. The molecule has 0 aromatic carbocycles. The Hall–Kier alpha value is -0.790. The average Bonchev–Trinajstić information content (AvgIpc) is 1.96. The van der Waals surface area contributed by atoms with Crippen LogP contribution in [0, 0.1) is 0 Å². The third-order valence-electron chi connectivity index (χ3n) is 1.48. The first kappa shape index (κ1) is 10.2. The summed E-state index contributed by atoms with van der Waals surface area (Å²) in [5.74, 6) is -1.10. The summed E-state index contributed by atoms with van der Waals surface area (Å²) in [6.07, 6.45) is 8.33. The lowest BCUT2D eigenvalue weighted by Gasteiger charge is -1.94. The van der Waals surface area contributed by atoms with Crippen molar-refractivity contribution in [3.05, 3.63) is 12.2 Å². The fourth-order valence-corrected chi connectivity index (χ4v) is 0.869. The molecule has 0 aliphatic carbocycles. The second-order valence-corrected chi connectivity index (χ2v) is 2.57. The predicted octanol–water partition coefficient (Wildman–Crippen LogP) is 1.26. The third kappa shape index (κ3) is 9.21. The van der Waals surface area contributed by atoms with Crippen LogP contribution in [0.1, 0.15) is 39.0 Å². The van der Waals surface area contributed by atoms with E-state index in [1.807, 2.05) is 0 Å². The van der Waals surface area contributed by atoms with Gasteiger partial charge in [-0.3, -0.25) is 0 Å². The summed E-state index contributed by atoms with van der Waals surface area (Å²) in [7, 11) is 0. The number of aliphatic carboxylic acids is 1. The first-order valence-corrected chi connectivity index (χ1v) is 4.15. The number of hydrogen-bond donors (Lipinski definition) is 0. The topological polar surface area (TPSA) is 40.1 Å². The zero-order valence-corrected chi connectivity index (χ0v) is 7.01. The fourth-order valence-electron chi connectivity index (χ4n) is 0.869. The van der Waals surface area contributed by atoms with Gasteiger partial charge >= 0.3 is 0 Å². The van der Waals surface area contributed by atoms with Crippen LogP contribution in [0.5, 0.6) is 0 Å². The predicted molar refractivity (Wildman–Crippen MR) is 42.9 cm³/mol. The van der Waals surface area contributed by atoms with E-state index >= 15 is 0 Å². The molecule has 0 saturated heterocycles. The largest absolute Gasteiger partial charge is 0.545 e. The summed E-state index contributed by atoms with van der Waals surface area (Å²) in [5, 5.41) is 9.89. The van der Waals surface area contributed by atoms with Gasteiger partial charge in [-0.2, -0.15) is 0 Å². The number of rotatable bonds is 6. The number of carbonyl (C=O) groups excluding carboxylic acids is 1. The van der Waals surface area contributed by atoms with Gasteiger partial charge < -0.3 is 9.90 Å². The fraction of sp³-hybridized carbons (Fsp3) is 0.667. The molecule has 0 spiro atoms. The number of carboxylic acids is 1. The summed E-state index contributed by atoms with van der Waals surface area (Å²) in [6.45, 7) is 2.15. The van der Waals surface area contributed by atoms with E-state index in [-0.39, 0.29) is 0 Å². The molecule has 0 radical (unpaired) electrons. The lowest BCUT2D eigenvalue weighted by Crippen LogP contribution is -2.18. The minimum absolute atomic E-state index is 0.855. The highest BCUT2D eigenvalue weighted by molar-refractivity contribution is 5.77. The van der Waals surface area contributed by atoms with Crippen LogP contribution in [0.4, 0.5) is 0 Å². The Balaban J connectivity index is 3.07. The van der Waals surface area contributed by atoms with Crippen molar-refractivity contribution < 1.29 is 9.90 Å². The second-order valence-electron chi connectivity index (χ2n) is 2.57. The Morgan fingerprint density at radius 2 is 2.09 bits per heavy atom. The van der Waals surface area contributed by atoms with Crippen molar-refractivity contribution in [2.45, 2.75) is 39.0 Å². The zero-order valence-electron chi connectivity index (χ0n) is 7.01. The molecule has 0 aromatic rings. The van der Waals surface area contributed by atoms with E-state index in [1.54, 1.807) is 6.08 Å². The van der Waals surface area contributed by atoms with Gasteiger partial charge in [0.25, 0.3) is 0 Å². The van der Waals surface area contributed by atoms with Crippen molar-refractivity contribution in [2.24, 2.45) is 0 Å². The molecule has 0 heterocycles. The van der Waals surface area contributed by atoms with Crippen molar-refractivity contribution in [1.82, 2.24) is 0 Å². The quantitative estimate of drug-likeness (QED) is 0.428. The molecule has 64 valence electrons. The Labute approximate surface area is 67.9 Å². The second kappa shape index (κ2) is 7.32. The number of carboxylic acid groups (broad SMARTS) is 1. The third-order valence-corrected chi connectivity index (χ3v) is 1.48. The maximum absolute atomic E-state index is 9.89. The van der Waals surface area contributed by atoms with E-state index in [4.69, 9.17) is 0 Å². The highest BCUT2D eigenvalue weighted by Gasteiger charge is 1.83. The summed E-state index contributed by atoms with van der Waals surface area (Å²) in [5.41, 5.74) is 0. The van der Waals surface area contributed by atoms with Crippen LogP contribution in [-0.4, -0.2) is 5.97 Å². The molecule has 2 heteroatoms. The van der Waals surface area contributed by atoms with Crippen molar-refractivity contribution in [1.29, 1.82) is 0 Å². The molecule has 0 unspecified atom stereocenters. The van der Waals surface area contributed by atoms with E-state index in [9.17, 15) is 9.90 Å². The van der Waals surface area contributed by atoms with Gasteiger partial charge in [0.15, 0.2) is 0 Å². The maximum atomic E-state index is 9.89. The van der Waals surface area contributed by atoms with Gasteiger partial charge in [0, 0.05) is 0 Å². The van der Waals surface area contributed by atoms with Gasteiger partial charge in [-0.1, -0.05) is 32.3 Å². The summed E-state index contributed by atoms with van der Waals surface area (Å²) in [4.78, 5) is 9.89. The molecule has 0 saturated carbocycles. The van der Waals surface area contributed by atoms with Crippen LogP contribution in [0.15, 0.2) is 12.2 Å². The maximum Gasteiger partial charge on any atom is 0.0639 e. The van der Waals surface area contributed by atoms with E-state index < -0.39 is 5.97 Å². The molecule has 0 aliphatic rings. The van der Waals surface area contributed by atoms with Gasteiger partial charge in [-0.25, -0.2) is 0 Å². The van der Waals surface area contributed by atoms with Crippen molar-refractivity contribution in [3.63, 3.8) is 0 Å². The van der Waals surface area contributed by atoms with Crippen molar-refractivity contribution in [3.8, 4) is 0 Å². The standard InChI is InChI=1S/C9H16O2/c1-2-3-4-5-6-7-8-9(10)11/h7-8H,2-6H2,1H3,(H,10,11)/p-1/b8-7+. The van der Waals surface area contributed by atoms with Crippen molar-refractivity contribution >= 4 is 5.97 Å². The van der Waals surface area contributed by atoms with Gasteiger partial charge in [-0.15, -0.1) is 0 Å². The normalized spacial score (nSPS) is 10.6. The van der Waals surface area contributed by atoms with Crippen LogP contribution in [0.3, 0.4) is 0 Å². The average molecular weight is 155 g/mol. The van der Waals surface area contributed by atoms with Crippen LogP contribution in [0.2, 0.25) is 0 Å². The molecule has 0 aliphatic heterocycles. The Kier molecular flexibility index (Phi) is 6.79. The van der Waals surface area contributed by atoms with Gasteiger partial charge in [-0.05, 0) is 18.9 Å². The van der Waals surface area contributed by atoms with Crippen molar-refractivity contribution in [2.75, 3.05) is 0 Å². The van der Waals surface area contributed by atoms with Crippen LogP contribution >= 0.6 is 0 Å². The Morgan fingerprint density at radius 3 is 2.64 bits per heavy atom. The van der Waals surface area contributed by atoms with Crippen LogP contribution < -0.4 is 5.11 Å². The number of unbranched alkanes of at least 4 members (excludes halogenated alkanes) is 4. The first-order chi connectivity index (χ1) is 5.27. The van der Waals surface area contributed by atoms with Gasteiger partial charge in [0.2, 0.25) is 0 Å². The molecule has 0 N–H and O–H groups in total. The molecule has 2 nitrogen and oxygen atoms in total. The molecule has 0 atom stereocenters. The Bertz CT molecular complexity index is 128. The molecular formula is C9H15O2-. The molecule has 0 bridgehead atoms. The highest BCUT2D eigenvalue weighted by atomic mass is 16.4. The van der Waals surface area contributed by atoms with Gasteiger partial charge in [0.1, 0.15) is 0 Å². The van der Waals surface area contributed by atoms with E-state index in [0.717, 1.165) is 18.9 Å². The molecule has 11 heavy (non-hydrogen) atoms. The lowest BCUT2D eigenvalue weighted by molar-refractivity contribution is -0.297. The molecule has 0 rings (SSSR count). The minimum Gasteiger partial charge on any atom is -0.545 e. The lowest BCUT2D eigenvalue weighted by atomic mass is 10.1. The summed E-state index contributed by atoms with van der Waals surface area (Å²) >= 11 is 0. The van der Waals surface area contributed by atoms with Crippen LogP contribution in [-0.2, 0) is 4.79 Å². The number of hydrogen-bond acceptors (Lipinski definition) is 2. The zero-order chi connectivity index (χ0) is 8.53. The van der Waals surface area contributed by atoms with Crippen LogP contribution in [0.25, 0.3) is 0 Å². The van der Waals surface area contributed by atoms with Gasteiger partial charge in [0.05, 0.1) is 5.97 Å². The smallest absolute Gasteiger partial charge is 0.0639 e. The molecular weight excluding hydrogens is 140 g/mol. The summed E-state index contributed by atoms with van der Waals surface area (Å²) < 4.78 is 0. The van der Waals surface area contributed by atoms with E-state index in [1.165, 1.54) is 19.3 Å². The molecule has 0 amide bonds. The SMILES string of the molecule is CCCCCC/C=C/C(=O)[O-]. The minimum atomic E-state index is -1.10. The number of carbonyl (C=O) groups is 1. The number of allylic oxidation sites excluding steroid dienone is 1. The highest BCUT2D eigenvalue weighted by Crippen LogP contribution is 2.02. The van der Waals surface area contributed by atoms with E-state index in [0.29, 0.717) is 0 Å². The Morgan fingerprint density at radius 1 is 1.36 bits per heavy atom. The monoisotopic (exact) mass is 155 g/mol. The first-order valence-electron chi connectivity index (χ1n) is 4.15.